The first kappa shape index (κ1) is 18.5. The van der Waals surface area contributed by atoms with Gasteiger partial charge in [0.1, 0.15) is 5.75 Å². The fraction of sp³-hybridized carbons (Fsp3) is 0.300. The third-order valence-corrected chi connectivity index (χ3v) is 4.31. The van der Waals surface area contributed by atoms with Gasteiger partial charge < -0.3 is 15.2 Å². The van der Waals surface area contributed by atoms with Crippen molar-refractivity contribution in [2.24, 2.45) is 0 Å². The third-order valence-electron chi connectivity index (χ3n) is 4.31. The van der Waals surface area contributed by atoms with Crippen LogP contribution in [0.5, 0.6) is 5.75 Å². The molecule has 0 aromatic heterocycles. The molecule has 25 heavy (non-hydrogen) atoms. The van der Waals surface area contributed by atoms with Gasteiger partial charge in [-0.05, 0) is 54.7 Å². The summed E-state index contributed by atoms with van der Waals surface area (Å²) < 4.78 is 5.10. The van der Waals surface area contributed by atoms with E-state index < -0.39 is 12.0 Å². The first-order valence-electron chi connectivity index (χ1n) is 8.13. The lowest BCUT2D eigenvalue weighted by Crippen LogP contribution is -2.34. The highest BCUT2D eigenvalue weighted by Crippen LogP contribution is 2.21. The van der Waals surface area contributed by atoms with Gasteiger partial charge in [-0.25, -0.2) is 4.79 Å². The molecular weight excluding hydrogens is 318 g/mol. The van der Waals surface area contributed by atoms with Gasteiger partial charge in [0.15, 0.2) is 6.04 Å². The Morgan fingerprint density at radius 2 is 1.80 bits per heavy atom. The van der Waals surface area contributed by atoms with Crippen LogP contribution in [0.25, 0.3) is 0 Å². The van der Waals surface area contributed by atoms with E-state index in [1.807, 2.05) is 44.2 Å². The monoisotopic (exact) mass is 341 g/mol. The van der Waals surface area contributed by atoms with Gasteiger partial charge in [-0.15, -0.1) is 0 Å². The predicted octanol–water partition coefficient (Wildman–Crippen LogP) is 3.19. The molecule has 5 nitrogen and oxygen atoms in total. The minimum atomic E-state index is -1.06. The van der Waals surface area contributed by atoms with Crippen molar-refractivity contribution in [3.63, 3.8) is 0 Å². The van der Waals surface area contributed by atoms with Crippen LogP contribution in [0.15, 0.2) is 42.5 Å². The van der Waals surface area contributed by atoms with E-state index in [0.29, 0.717) is 12.0 Å². The molecule has 0 aliphatic carbocycles. The van der Waals surface area contributed by atoms with Crippen LogP contribution in [-0.4, -0.2) is 24.1 Å². The molecule has 5 heteroatoms. The number of hydrogen-bond acceptors (Lipinski definition) is 3. The number of rotatable bonds is 7. The average Bonchev–Trinajstić information content (AvgIpc) is 2.61. The van der Waals surface area contributed by atoms with Gasteiger partial charge in [0, 0.05) is 6.42 Å². The Labute approximate surface area is 147 Å². The van der Waals surface area contributed by atoms with E-state index in [9.17, 15) is 14.7 Å². The van der Waals surface area contributed by atoms with Gasteiger partial charge in [0.2, 0.25) is 5.91 Å². The van der Waals surface area contributed by atoms with E-state index in [4.69, 9.17) is 4.74 Å². The number of methoxy groups -OCH3 is 1. The van der Waals surface area contributed by atoms with Gasteiger partial charge in [-0.3, -0.25) is 4.79 Å². The summed E-state index contributed by atoms with van der Waals surface area (Å²) in [6.45, 7) is 3.79. The summed E-state index contributed by atoms with van der Waals surface area (Å²) in [5.74, 6) is -0.593. The molecule has 2 rings (SSSR count). The SMILES string of the molecule is COc1ccc(CCC(=O)NC(C(=O)O)c2cccc(C)c2C)cc1. The highest BCUT2D eigenvalue weighted by molar-refractivity contribution is 5.85. The minimum Gasteiger partial charge on any atom is -0.497 e. The van der Waals surface area contributed by atoms with Crippen LogP contribution in [0.3, 0.4) is 0 Å². The second-order valence-electron chi connectivity index (χ2n) is 5.98. The standard InChI is InChI=1S/C20H23NO4/c1-13-5-4-6-17(14(13)2)19(20(23)24)21-18(22)12-9-15-7-10-16(25-3)11-8-15/h4-8,10-11,19H,9,12H2,1-3H3,(H,21,22)(H,23,24). The number of aryl methyl sites for hydroxylation is 2. The summed E-state index contributed by atoms with van der Waals surface area (Å²) in [5, 5.41) is 12.1. The molecule has 0 heterocycles. The number of ether oxygens (including phenoxy) is 1. The zero-order chi connectivity index (χ0) is 18.4. The Morgan fingerprint density at radius 1 is 1.12 bits per heavy atom. The Morgan fingerprint density at radius 3 is 2.40 bits per heavy atom. The van der Waals surface area contributed by atoms with Crippen LogP contribution >= 0.6 is 0 Å². The molecule has 1 unspecified atom stereocenters. The normalized spacial score (nSPS) is 11.6. The van der Waals surface area contributed by atoms with Crippen LogP contribution in [0.2, 0.25) is 0 Å². The maximum absolute atomic E-state index is 12.2. The Balaban J connectivity index is 2.02. The number of benzene rings is 2. The molecular formula is C20H23NO4. The summed E-state index contributed by atoms with van der Waals surface area (Å²) in [6, 6.07) is 11.9. The number of carboxylic acid groups (broad SMARTS) is 1. The molecule has 0 saturated heterocycles. The molecule has 0 spiro atoms. The molecule has 132 valence electrons. The van der Waals surface area contributed by atoms with Crippen LogP contribution in [0.4, 0.5) is 0 Å². The first-order chi connectivity index (χ1) is 11.9. The Hall–Kier alpha value is -2.82. The topological polar surface area (TPSA) is 75.6 Å². The van der Waals surface area contributed by atoms with Gasteiger partial charge >= 0.3 is 5.97 Å². The van der Waals surface area contributed by atoms with Crippen LogP contribution in [0.1, 0.15) is 34.7 Å². The Kier molecular flexibility index (Phi) is 6.17. The lowest BCUT2D eigenvalue weighted by atomic mass is 9.97. The Bertz CT molecular complexity index is 753. The maximum atomic E-state index is 12.2. The van der Waals surface area contributed by atoms with Crippen molar-refractivity contribution in [2.75, 3.05) is 7.11 Å². The third kappa shape index (κ3) is 4.83. The zero-order valence-corrected chi connectivity index (χ0v) is 14.7. The van der Waals surface area contributed by atoms with Gasteiger partial charge in [-0.2, -0.15) is 0 Å². The summed E-state index contributed by atoms with van der Waals surface area (Å²) in [6.07, 6.45) is 0.760. The highest BCUT2D eigenvalue weighted by Gasteiger charge is 2.23. The van der Waals surface area contributed by atoms with Crippen LogP contribution in [0, 0.1) is 13.8 Å². The fourth-order valence-corrected chi connectivity index (χ4v) is 2.64. The molecule has 0 radical (unpaired) electrons. The van der Waals surface area contributed by atoms with Gasteiger partial charge in [0.05, 0.1) is 7.11 Å². The lowest BCUT2D eigenvalue weighted by molar-refractivity contribution is -0.142. The molecule has 1 atom stereocenters. The number of carbonyl (C=O) groups excluding carboxylic acids is 1. The van der Waals surface area contributed by atoms with Crippen molar-refractivity contribution in [1.82, 2.24) is 5.32 Å². The van der Waals surface area contributed by atoms with Crippen molar-refractivity contribution in [3.05, 3.63) is 64.7 Å². The summed E-state index contributed by atoms with van der Waals surface area (Å²) in [4.78, 5) is 23.8. The van der Waals surface area contributed by atoms with E-state index >= 15 is 0 Å². The molecule has 2 aromatic rings. The van der Waals surface area contributed by atoms with Crippen LogP contribution in [-0.2, 0) is 16.0 Å². The van der Waals surface area contributed by atoms with Crippen molar-refractivity contribution in [1.29, 1.82) is 0 Å². The largest absolute Gasteiger partial charge is 0.497 e. The quantitative estimate of drug-likeness (QED) is 0.811. The van der Waals surface area contributed by atoms with Gasteiger partial charge in [-0.1, -0.05) is 30.3 Å². The van der Waals surface area contributed by atoms with Gasteiger partial charge in [0.25, 0.3) is 0 Å². The molecule has 0 aliphatic heterocycles. The number of carboxylic acids is 1. The molecule has 0 fully saturated rings. The molecule has 2 N–H and O–H groups in total. The van der Waals surface area contributed by atoms with E-state index in [1.165, 1.54) is 0 Å². The smallest absolute Gasteiger partial charge is 0.330 e. The molecule has 0 bridgehead atoms. The number of amides is 1. The second-order valence-corrected chi connectivity index (χ2v) is 5.98. The number of nitrogens with one attached hydrogen (secondary N) is 1. The van der Waals surface area contributed by atoms with Crippen molar-refractivity contribution >= 4 is 11.9 Å². The first-order valence-corrected chi connectivity index (χ1v) is 8.13. The van der Waals surface area contributed by atoms with Crippen LogP contribution < -0.4 is 10.1 Å². The summed E-state index contributed by atoms with van der Waals surface area (Å²) in [5.41, 5.74) is 3.49. The molecule has 2 aromatic carbocycles. The molecule has 0 aliphatic rings. The average molecular weight is 341 g/mol. The summed E-state index contributed by atoms with van der Waals surface area (Å²) in [7, 11) is 1.60. The molecule has 1 amide bonds. The van der Waals surface area contributed by atoms with Crippen molar-refractivity contribution < 1.29 is 19.4 Å². The van der Waals surface area contributed by atoms with E-state index in [0.717, 1.165) is 22.4 Å². The second kappa shape index (κ2) is 8.33. The number of carbonyl (C=O) groups is 2. The highest BCUT2D eigenvalue weighted by atomic mass is 16.5. The number of aliphatic carboxylic acids is 1. The molecule has 0 saturated carbocycles. The predicted molar refractivity (Wildman–Crippen MR) is 95.8 cm³/mol. The van der Waals surface area contributed by atoms with E-state index in [1.54, 1.807) is 19.2 Å². The fourth-order valence-electron chi connectivity index (χ4n) is 2.64. The van der Waals surface area contributed by atoms with E-state index in [-0.39, 0.29) is 12.3 Å². The zero-order valence-electron chi connectivity index (χ0n) is 14.7. The van der Waals surface area contributed by atoms with Crippen molar-refractivity contribution in [2.45, 2.75) is 32.7 Å². The lowest BCUT2D eigenvalue weighted by Gasteiger charge is -2.18. The van der Waals surface area contributed by atoms with Crippen molar-refractivity contribution in [3.8, 4) is 5.75 Å². The minimum absolute atomic E-state index is 0.223. The van der Waals surface area contributed by atoms with E-state index in [2.05, 4.69) is 5.32 Å². The maximum Gasteiger partial charge on any atom is 0.330 e. The summed E-state index contributed by atoms with van der Waals surface area (Å²) >= 11 is 0. The number of hydrogen-bond donors (Lipinski definition) is 2.